The summed E-state index contributed by atoms with van der Waals surface area (Å²) in [6.07, 6.45) is 4.29. The molecule has 1 atom stereocenters. The van der Waals surface area contributed by atoms with Gasteiger partial charge in [-0.1, -0.05) is 13.3 Å². The van der Waals surface area contributed by atoms with Gasteiger partial charge >= 0.3 is 0 Å². The zero-order valence-corrected chi connectivity index (χ0v) is 9.67. The summed E-state index contributed by atoms with van der Waals surface area (Å²) in [6.45, 7) is 6.11. The fourth-order valence-electron chi connectivity index (χ4n) is 2.15. The zero-order valence-electron chi connectivity index (χ0n) is 9.67. The number of hydrogen-bond donors (Lipinski definition) is 2. The van der Waals surface area contributed by atoms with Gasteiger partial charge in [-0.25, -0.2) is 0 Å². The molecule has 0 radical (unpaired) electrons. The predicted octanol–water partition coefficient (Wildman–Crippen LogP) is 0.326. The molecule has 1 fully saturated rings. The predicted molar refractivity (Wildman–Crippen MR) is 61.6 cm³/mol. The quantitative estimate of drug-likeness (QED) is 0.668. The second-order valence-electron chi connectivity index (χ2n) is 4.21. The van der Waals surface area contributed by atoms with Crippen LogP contribution in [0.4, 0.5) is 0 Å². The molecule has 0 spiro atoms. The summed E-state index contributed by atoms with van der Waals surface area (Å²) in [5.74, 6) is -0.192. The van der Waals surface area contributed by atoms with Crippen molar-refractivity contribution in [1.29, 1.82) is 0 Å². The van der Waals surface area contributed by atoms with Crippen LogP contribution in [-0.4, -0.2) is 43.0 Å². The molecule has 1 aliphatic heterocycles. The monoisotopic (exact) mass is 213 g/mol. The van der Waals surface area contributed by atoms with Gasteiger partial charge in [-0.2, -0.15) is 0 Å². The zero-order chi connectivity index (χ0) is 11.1. The highest BCUT2D eigenvalue weighted by Crippen LogP contribution is 2.16. The number of amides is 1. The first kappa shape index (κ1) is 12.5. The average Bonchev–Trinajstić information content (AvgIpc) is 2.24. The van der Waals surface area contributed by atoms with Gasteiger partial charge in [0.05, 0.1) is 0 Å². The lowest BCUT2D eigenvalue weighted by molar-refractivity contribution is -0.118. The molecule has 88 valence electrons. The van der Waals surface area contributed by atoms with E-state index in [1.165, 1.54) is 19.3 Å². The molecule has 1 rings (SSSR count). The number of piperidine rings is 1. The van der Waals surface area contributed by atoms with Crippen molar-refractivity contribution < 1.29 is 4.79 Å². The molecule has 1 amide bonds. The number of nitrogens with zero attached hydrogens (tertiary/aromatic N) is 1. The lowest BCUT2D eigenvalue weighted by Crippen LogP contribution is -2.46. The minimum atomic E-state index is -0.192. The van der Waals surface area contributed by atoms with Crippen LogP contribution >= 0.6 is 0 Å². The number of likely N-dealkylation sites (tertiary alicyclic amines) is 1. The van der Waals surface area contributed by atoms with E-state index in [-0.39, 0.29) is 5.91 Å². The van der Waals surface area contributed by atoms with Crippen LogP contribution in [0, 0.1) is 0 Å². The number of likely N-dealkylation sites (N-methyl/N-ethyl adjacent to an activating group) is 1. The standard InChI is InChI=1S/C11H23N3O/c1-2-13-9-10-5-3-4-7-14(10)8-6-11(12)15/h10,13H,2-9H2,1H3,(H2,12,15). The van der Waals surface area contributed by atoms with Gasteiger partial charge in [-0.15, -0.1) is 0 Å². The van der Waals surface area contributed by atoms with Gasteiger partial charge in [-0.3, -0.25) is 9.69 Å². The number of hydrogen-bond acceptors (Lipinski definition) is 3. The van der Waals surface area contributed by atoms with Crippen molar-refractivity contribution in [1.82, 2.24) is 10.2 Å². The van der Waals surface area contributed by atoms with Gasteiger partial charge in [0.2, 0.25) is 5.91 Å². The SMILES string of the molecule is CCNCC1CCCCN1CCC(N)=O. The smallest absolute Gasteiger partial charge is 0.218 e. The van der Waals surface area contributed by atoms with Crippen molar-refractivity contribution in [3.63, 3.8) is 0 Å². The van der Waals surface area contributed by atoms with Crippen LogP contribution in [0.25, 0.3) is 0 Å². The van der Waals surface area contributed by atoms with Gasteiger partial charge in [-0.05, 0) is 25.9 Å². The molecular formula is C11H23N3O. The fraction of sp³-hybridized carbons (Fsp3) is 0.909. The average molecular weight is 213 g/mol. The molecule has 0 bridgehead atoms. The number of carbonyl (C=O) groups excluding carboxylic acids is 1. The molecule has 1 heterocycles. The summed E-state index contributed by atoms with van der Waals surface area (Å²) in [6, 6.07) is 0.595. The van der Waals surface area contributed by atoms with Gasteiger partial charge in [0, 0.05) is 25.6 Å². The Morgan fingerprint density at radius 3 is 3.00 bits per heavy atom. The molecule has 15 heavy (non-hydrogen) atoms. The van der Waals surface area contributed by atoms with Crippen LogP contribution in [0.15, 0.2) is 0 Å². The van der Waals surface area contributed by atoms with E-state index in [0.717, 1.165) is 26.2 Å². The molecular weight excluding hydrogens is 190 g/mol. The maximum absolute atomic E-state index is 10.7. The molecule has 0 aliphatic carbocycles. The molecule has 3 N–H and O–H groups in total. The maximum Gasteiger partial charge on any atom is 0.218 e. The summed E-state index contributed by atoms with van der Waals surface area (Å²) in [7, 11) is 0. The molecule has 4 nitrogen and oxygen atoms in total. The molecule has 1 aliphatic rings. The van der Waals surface area contributed by atoms with Gasteiger partial charge in [0.1, 0.15) is 0 Å². The molecule has 0 aromatic rings. The lowest BCUT2D eigenvalue weighted by Gasteiger charge is -2.35. The van der Waals surface area contributed by atoms with E-state index in [1.807, 2.05) is 0 Å². The molecule has 4 heteroatoms. The van der Waals surface area contributed by atoms with E-state index < -0.39 is 0 Å². The lowest BCUT2D eigenvalue weighted by atomic mass is 10.0. The van der Waals surface area contributed by atoms with Crippen molar-refractivity contribution in [2.75, 3.05) is 26.2 Å². The van der Waals surface area contributed by atoms with Gasteiger partial charge in [0.25, 0.3) is 0 Å². The Morgan fingerprint density at radius 2 is 2.33 bits per heavy atom. The van der Waals surface area contributed by atoms with Crippen molar-refractivity contribution in [3.8, 4) is 0 Å². The largest absolute Gasteiger partial charge is 0.370 e. The van der Waals surface area contributed by atoms with Crippen LogP contribution in [-0.2, 0) is 4.79 Å². The van der Waals surface area contributed by atoms with E-state index in [4.69, 9.17) is 5.73 Å². The second kappa shape index (κ2) is 6.80. The van der Waals surface area contributed by atoms with E-state index in [1.54, 1.807) is 0 Å². The molecule has 0 aromatic carbocycles. The highest BCUT2D eigenvalue weighted by Gasteiger charge is 2.21. The minimum absolute atomic E-state index is 0.192. The summed E-state index contributed by atoms with van der Waals surface area (Å²) in [5, 5.41) is 3.38. The van der Waals surface area contributed by atoms with Crippen LogP contribution in [0.3, 0.4) is 0 Å². The highest BCUT2D eigenvalue weighted by atomic mass is 16.1. The molecule has 0 aromatic heterocycles. The third kappa shape index (κ3) is 4.62. The van der Waals surface area contributed by atoms with Crippen molar-refractivity contribution >= 4 is 5.91 Å². The first-order chi connectivity index (χ1) is 7.24. The fourth-order valence-corrected chi connectivity index (χ4v) is 2.15. The normalized spacial score (nSPS) is 22.9. The molecule has 0 saturated carbocycles. The number of carbonyl (C=O) groups is 1. The number of nitrogens with one attached hydrogen (secondary N) is 1. The van der Waals surface area contributed by atoms with E-state index in [0.29, 0.717) is 12.5 Å². The number of primary amides is 1. The van der Waals surface area contributed by atoms with E-state index in [9.17, 15) is 4.79 Å². The number of rotatable bonds is 6. The summed E-state index contributed by atoms with van der Waals surface area (Å²) >= 11 is 0. The maximum atomic E-state index is 10.7. The van der Waals surface area contributed by atoms with Crippen LogP contribution in [0.2, 0.25) is 0 Å². The Labute approximate surface area is 92.2 Å². The summed E-state index contributed by atoms with van der Waals surface area (Å²) in [4.78, 5) is 13.1. The molecule has 1 saturated heterocycles. The minimum Gasteiger partial charge on any atom is -0.370 e. The Morgan fingerprint density at radius 1 is 1.53 bits per heavy atom. The Balaban J connectivity index is 2.32. The summed E-state index contributed by atoms with van der Waals surface area (Å²) < 4.78 is 0. The van der Waals surface area contributed by atoms with E-state index in [2.05, 4.69) is 17.1 Å². The number of nitrogens with two attached hydrogens (primary N) is 1. The topological polar surface area (TPSA) is 58.4 Å². The highest BCUT2D eigenvalue weighted by molar-refractivity contribution is 5.73. The third-order valence-corrected chi connectivity index (χ3v) is 3.02. The third-order valence-electron chi connectivity index (χ3n) is 3.02. The Bertz CT molecular complexity index is 196. The Kier molecular flexibility index (Phi) is 5.65. The van der Waals surface area contributed by atoms with Crippen molar-refractivity contribution in [2.24, 2.45) is 5.73 Å². The van der Waals surface area contributed by atoms with E-state index >= 15 is 0 Å². The second-order valence-corrected chi connectivity index (χ2v) is 4.21. The van der Waals surface area contributed by atoms with Crippen LogP contribution in [0.5, 0.6) is 0 Å². The molecule has 1 unspecified atom stereocenters. The van der Waals surface area contributed by atoms with Gasteiger partial charge < -0.3 is 11.1 Å². The van der Waals surface area contributed by atoms with Gasteiger partial charge in [0.15, 0.2) is 0 Å². The summed E-state index contributed by atoms with van der Waals surface area (Å²) in [5.41, 5.74) is 5.17. The first-order valence-electron chi connectivity index (χ1n) is 5.97. The Hall–Kier alpha value is -0.610. The first-order valence-corrected chi connectivity index (χ1v) is 5.97. The van der Waals surface area contributed by atoms with Crippen LogP contribution in [0.1, 0.15) is 32.6 Å². The van der Waals surface area contributed by atoms with Crippen molar-refractivity contribution in [2.45, 2.75) is 38.6 Å². The van der Waals surface area contributed by atoms with Crippen LogP contribution < -0.4 is 11.1 Å². The van der Waals surface area contributed by atoms with Crippen molar-refractivity contribution in [3.05, 3.63) is 0 Å².